The van der Waals surface area contributed by atoms with E-state index in [-0.39, 0.29) is 47.1 Å². The van der Waals surface area contributed by atoms with Gasteiger partial charge in [-0.2, -0.15) is 0 Å². The molecule has 27 heavy (non-hydrogen) atoms. The van der Waals surface area contributed by atoms with Crippen molar-refractivity contribution in [3.8, 4) is 5.75 Å². The first-order chi connectivity index (χ1) is 12.6. The summed E-state index contributed by atoms with van der Waals surface area (Å²) < 4.78 is 56.2. The molecule has 0 aromatic heterocycles. The lowest BCUT2D eigenvalue weighted by Gasteiger charge is -2.25. The maximum atomic E-state index is 12.8. The van der Waals surface area contributed by atoms with Crippen LogP contribution in [0, 0.1) is 0 Å². The molecule has 2 aliphatic heterocycles. The molecule has 11 heteroatoms. The molecule has 0 aliphatic carbocycles. The van der Waals surface area contributed by atoms with Crippen molar-refractivity contribution in [2.75, 3.05) is 23.5 Å². The lowest BCUT2D eigenvalue weighted by atomic mass is 10.1. The van der Waals surface area contributed by atoms with Crippen LogP contribution < -0.4 is 14.4 Å². The van der Waals surface area contributed by atoms with Crippen LogP contribution in [-0.4, -0.2) is 53.3 Å². The molecule has 0 bridgehead atoms. The average Bonchev–Trinajstić information content (AvgIpc) is 2.92. The Morgan fingerprint density at radius 3 is 2.41 bits per heavy atom. The second-order valence-electron chi connectivity index (χ2n) is 6.53. The van der Waals surface area contributed by atoms with Crippen molar-refractivity contribution in [1.82, 2.24) is 4.72 Å². The number of hydrogen-bond donors (Lipinski definition) is 1. The number of methoxy groups -OCH3 is 1. The number of anilines is 1. The fourth-order valence-electron chi connectivity index (χ4n) is 3.23. The van der Waals surface area contributed by atoms with Crippen molar-refractivity contribution < 1.29 is 31.2 Å². The number of rotatable bonds is 5. The molecule has 0 radical (unpaired) electrons. The summed E-state index contributed by atoms with van der Waals surface area (Å²) in [6.07, 6.45) is 1.07. The molecule has 1 aromatic rings. The fourth-order valence-corrected chi connectivity index (χ4v) is 6.46. The predicted molar refractivity (Wildman–Crippen MR) is 96.7 cm³/mol. The highest BCUT2D eigenvalue weighted by Crippen LogP contribution is 2.31. The van der Waals surface area contributed by atoms with Crippen molar-refractivity contribution in [3.63, 3.8) is 0 Å². The molecule has 3 rings (SSSR count). The molecule has 2 heterocycles. The molecule has 1 N–H and O–H groups in total. The molecule has 0 spiro atoms. The van der Waals surface area contributed by atoms with Crippen molar-refractivity contribution in [3.05, 3.63) is 18.2 Å². The van der Waals surface area contributed by atoms with E-state index in [0.717, 1.165) is 4.90 Å². The molecule has 2 saturated heterocycles. The third-order valence-corrected chi connectivity index (χ3v) is 7.84. The van der Waals surface area contributed by atoms with E-state index in [2.05, 4.69) is 4.72 Å². The van der Waals surface area contributed by atoms with Gasteiger partial charge in [0.2, 0.25) is 21.8 Å². The Labute approximate surface area is 157 Å². The minimum absolute atomic E-state index is 0.0315. The molecule has 1 unspecified atom stereocenters. The molecule has 9 nitrogen and oxygen atoms in total. The highest BCUT2D eigenvalue weighted by atomic mass is 32.2. The number of amides is 2. The summed E-state index contributed by atoms with van der Waals surface area (Å²) in [5.74, 6) is -1.10. The van der Waals surface area contributed by atoms with Crippen molar-refractivity contribution in [2.45, 2.75) is 36.6 Å². The number of carbonyl (C=O) groups is 2. The molecule has 148 valence electrons. The van der Waals surface area contributed by atoms with Gasteiger partial charge in [-0.05, 0) is 31.0 Å². The normalized spacial score (nSPS) is 22.9. The van der Waals surface area contributed by atoms with Gasteiger partial charge in [-0.3, -0.25) is 14.5 Å². The second-order valence-corrected chi connectivity index (χ2v) is 10.4. The highest BCUT2D eigenvalue weighted by Gasteiger charge is 2.34. The van der Waals surface area contributed by atoms with Gasteiger partial charge in [0.15, 0.2) is 9.84 Å². The van der Waals surface area contributed by atoms with Gasteiger partial charge in [0.05, 0.1) is 24.3 Å². The van der Waals surface area contributed by atoms with Crippen LogP contribution in [-0.2, 0) is 29.4 Å². The van der Waals surface area contributed by atoms with Crippen LogP contribution in [0.4, 0.5) is 5.69 Å². The van der Waals surface area contributed by atoms with Crippen molar-refractivity contribution in [1.29, 1.82) is 0 Å². The first kappa shape index (κ1) is 19.8. The first-order valence-corrected chi connectivity index (χ1v) is 11.7. The molecule has 1 aromatic carbocycles. The largest absolute Gasteiger partial charge is 0.495 e. The number of nitrogens with one attached hydrogen (secondary N) is 1. The summed E-state index contributed by atoms with van der Waals surface area (Å²) >= 11 is 0. The van der Waals surface area contributed by atoms with Gasteiger partial charge in [-0.1, -0.05) is 0 Å². The maximum absolute atomic E-state index is 12.8. The Balaban J connectivity index is 1.96. The standard InChI is InChI=1S/C16H20N2O7S2/c1-25-13-6-5-12(18-15(19)3-2-4-16(18)20)9-14(13)27(23,24)17-11-7-8-26(21,22)10-11/h5-6,9,11,17H,2-4,7-8,10H2,1H3. The minimum atomic E-state index is -4.12. The molecule has 2 fully saturated rings. The second kappa shape index (κ2) is 7.21. The molecular formula is C16H20N2O7S2. The van der Waals surface area contributed by atoms with Crippen LogP contribution in [0.2, 0.25) is 0 Å². The van der Waals surface area contributed by atoms with Gasteiger partial charge in [-0.15, -0.1) is 0 Å². The predicted octanol–water partition coefficient (Wildman–Crippen LogP) is 0.204. The van der Waals surface area contributed by atoms with Gasteiger partial charge in [-0.25, -0.2) is 21.6 Å². The van der Waals surface area contributed by atoms with E-state index in [4.69, 9.17) is 4.74 Å². The number of carbonyl (C=O) groups excluding carboxylic acids is 2. The van der Waals surface area contributed by atoms with Crippen LogP contribution in [0.15, 0.2) is 23.1 Å². The number of benzene rings is 1. The smallest absolute Gasteiger partial charge is 0.244 e. The topological polar surface area (TPSA) is 127 Å². The number of imide groups is 1. The average molecular weight is 416 g/mol. The number of ether oxygens (including phenoxy) is 1. The lowest BCUT2D eigenvalue weighted by Crippen LogP contribution is -2.40. The van der Waals surface area contributed by atoms with E-state index >= 15 is 0 Å². The van der Waals surface area contributed by atoms with Crippen LogP contribution in [0.3, 0.4) is 0 Å². The fraction of sp³-hybridized carbons (Fsp3) is 0.500. The first-order valence-electron chi connectivity index (χ1n) is 8.39. The zero-order valence-electron chi connectivity index (χ0n) is 14.7. The summed E-state index contributed by atoms with van der Waals surface area (Å²) in [7, 11) is -6.09. The highest BCUT2D eigenvalue weighted by molar-refractivity contribution is 7.92. The molecule has 2 amide bonds. The summed E-state index contributed by atoms with van der Waals surface area (Å²) in [6.45, 7) is 0. The SMILES string of the molecule is COc1ccc(N2C(=O)CCCC2=O)cc1S(=O)(=O)NC1CCS(=O)(=O)C1. The van der Waals surface area contributed by atoms with E-state index in [9.17, 15) is 26.4 Å². The zero-order chi connectivity index (χ0) is 19.8. The molecule has 1 atom stereocenters. The maximum Gasteiger partial charge on any atom is 0.244 e. The minimum Gasteiger partial charge on any atom is -0.495 e. The lowest BCUT2D eigenvalue weighted by molar-refractivity contribution is -0.129. The van der Waals surface area contributed by atoms with Gasteiger partial charge in [0.1, 0.15) is 10.6 Å². The molecular weight excluding hydrogens is 396 g/mol. The molecule has 2 aliphatic rings. The van der Waals surface area contributed by atoms with Crippen LogP contribution in [0.1, 0.15) is 25.7 Å². The van der Waals surface area contributed by atoms with E-state index in [0.29, 0.717) is 6.42 Å². The molecule has 0 saturated carbocycles. The van der Waals surface area contributed by atoms with Crippen molar-refractivity contribution in [2.24, 2.45) is 0 Å². The Morgan fingerprint density at radius 1 is 1.19 bits per heavy atom. The summed E-state index contributed by atoms with van der Waals surface area (Å²) in [5.41, 5.74) is 0.143. The van der Waals surface area contributed by atoms with Gasteiger partial charge >= 0.3 is 0 Å². The number of hydrogen-bond acceptors (Lipinski definition) is 7. The van der Waals surface area contributed by atoms with Gasteiger partial charge in [0, 0.05) is 18.9 Å². The van der Waals surface area contributed by atoms with E-state index < -0.39 is 37.7 Å². The monoisotopic (exact) mass is 416 g/mol. The van der Waals surface area contributed by atoms with Crippen molar-refractivity contribution >= 4 is 37.4 Å². The Hall–Kier alpha value is -1.98. The van der Waals surface area contributed by atoms with Crippen LogP contribution >= 0.6 is 0 Å². The Bertz CT molecular complexity index is 970. The van der Waals surface area contributed by atoms with Gasteiger partial charge < -0.3 is 4.74 Å². The quantitative estimate of drug-likeness (QED) is 0.680. The third kappa shape index (κ3) is 4.14. The number of sulfone groups is 1. The zero-order valence-corrected chi connectivity index (χ0v) is 16.3. The van der Waals surface area contributed by atoms with E-state index in [1.54, 1.807) is 0 Å². The number of sulfonamides is 1. The summed E-state index contributed by atoms with van der Waals surface area (Å²) in [6, 6.07) is 3.28. The number of piperidine rings is 1. The van der Waals surface area contributed by atoms with E-state index in [1.165, 1.54) is 25.3 Å². The Kier molecular flexibility index (Phi) is 5.28. The Morgan fingerprint density at radius 2 is 1.85 bits per heavy atom. The summed E-state index contributed by atoms with van der Waals surface area (Å²) in [5, 5.41) is 0. The van der Waals surface area contributed by atoms with Gasteiger partial charge in [0.25, 0.3) is 0 Å². The van der Waals surface area contributed by atoms with Crippen LogP contribution in [0.25, 0.3) is 0 Å². The number of nitrogens with zero attached hydrogens (tertiary/aromatic N) is 1. The third-order valence-electron chi connectivity index (χ3n) is 4.53. The van der Waals surface area contributed by atoms with E-state index in [1.807, 2.05) is 0 Å². The summed E-state index contributed by atoms with van der Waals surface area (Å²) in [4.78, 5) is 24.9. The van der Waals surface area contributed by atoms with Crippen LogP contribution in [0.5, 0.6) is 5.75 Å².